The molecule has 9 nitrogen and oxygen atoms in total. The zero-order chi connectivity index (χ0) is 20.0. The van der Waals surface area contributed by atoms with Crippen molar-refractivity contribution in [1.82, 2.24) is 30.7 Å². The van der Waals surface area contributed by atoms with Gasteiger partial charge in [-0.05, 0) is 36.2 Å². The smallest absolute Gasteiger partial charge is 0.322 e. The zero-order valence-electron chi connectivity index (χ0n) is 15.4. The molecule has 1 atom stereocenters. The highest BCUT2D eigenvalue weighted by molar-refractivity contribution is 6.07. The van der Waals surface area contributed by atoms with Gasteiger partial charge in [-0.3, -0.25) is 10.1 Å². The summed E-state index contributed by atoms with van der Waals surface area (Å²) in [5.41, 5.74) is 1.99. The molecule has 1 aliphatic heterocycles. The first kappa shape index (κ1) is 17.1. The minimum absolute atomic E-state index is 0.401. The molecule has 3 aromatic heterocycles. The molecule has 3 amide bonds. The van der Waals surface area contributed by atoms with E-state index in [9.17, 15) is 9.59 Å². The predicted molar refractivity (Wildman–Crippen MR) is 103 cm³/mol. The summed E-state index contributed by atoms with van der Waals surface area (Å²) in [7, 11) is 0. The van der Waals surface area contributed by atoms with Crippen molar-refractivity contribution in [2.45, 2.75) is 18.9 Å². The van der Waals surface area contributed by atoms with Gasteiger partial charge >= 0.3 is 6.03 Å². The first-order valence-corrected chi connectivity index (χ1v) is 9.01. The number of amides is 3. The number of fused-ring (bicyclic) bond motifs is 1. The summed E-state index contributed by atoms with van der Waals surface area (Å²) < 4.78 is 5.43. The number of pyridine rings is 1. The van der Waals surface area contributed by atoms with Gasteiger partial charge < -0.3 is 14.8 Å². The number of nitrogens with one attached hydrogen (secondary N) is 3. The lowest BCUT2D eigenvalue weighted by atomic mass is 9.91. The van der Waals surface area contributed by atoms with E-state index in [0.29, 0.717) is 29.3 Å². The molecule has 1 aliphatic rings. The molecule has 3 N–H and O–H groups in total. The molecule has 144 valence electrons. The molecule has 4 heterocycles. The summed E-state index contributed by atoms with van der Waals surface area (Å²) in [5.74, 6) is 0.475. The van der Waals surface area contributed by atoms with E-state index in [1.54, 1.807) is 31.3 Å². The third-order valence-corrected chi connectivity index (χ3v) is 5.09. The van der Waals surface area contributed by atoms with E-state index < -0.39 is 17.5 Å². The summed E-state index contributed by atoms with van der Waals surface area (Å²) in [6, 6.07) is 10.5. The number of carbonyl (C=O) groups is 2. The van der Waals surface area contributed by atoms with Crippen LogP contribution in [0.25, 0.3) is 22.4 Å². The number of nitrogens with zero attached hydrogens (tertiary/aromatic N) is 3. The van der Waals surface area contributed by atoms with Crippen molar-refractivity contribution in [3.05, 3.63) is 65.8 Å². The molecular formula is C20H16N6O3. The summed E-state index contributed by atoms with van der Waals surface area (Å²) in [6.45, 7) is 1.65. The highest BCUT2D eigenvalue weighted by Crippen LogP contribution is 2.28. The average molecular weight is 388 g/mol. The van der Waals surface area contributed by atoms with Gasteiger partial charge in [0, 0.05) is 23.3 Å². The number of aromatic amines is 1. The van der Waals surface area contributed by atoms with Crippen molar-refractivity contribution in [2.75, 3.05) is 0 Å². The fourth-order valence-corrected chi connectivity index (χ4v) is 3.48. The molecule has 5 rings (SSSR count). The lowest BCUT2D eigenvalue weighted by molar-refractivity contribution is -0.123. The Morgan fingerprint density at radius 3 is 2.90 bits per heavy atom. The van der Waals surface area contributed by atoms with E-state index in [-0.39, 0.29) is 0 Å². The molecule has 0 saturated carbocycles. The Hall–Kier alpha value is -4.01. The van der Waals surface area contributed by atoms with Gasteiger partial charge in [-0.2, -0.15) is 4.98 Å². The number of urea groups is 1. The minimum Gasteiger partial charge on any atom is -0.346 e. The van der Waals surface area contributed by atoms with Crippen LogP contribution in [0.5, 0.6) is 0 Å². The van der Waals surface area contributed by atoms with Crippen LogP contribution in [0.3, 0.4) is 0 Å². The Kier molecular flexibility index (Phi) is 3.70. The molecular weight excluding hydrogens is 372 g/mol. The van der Waals surface area contributed by atoms with Crippen LogP contribution in [0.4, 0.5) is 4.79 Å². The number of carbonyl (C=O) groups excluding carboxylic acids is 2. The van der Waals surface area contributed by atoms with Gasteiger partial charge in [-0.1, -0.05) is 23.4 Å². The van der Waals surface area contributed by atoms with Crippen molar-refractivity contribution >= 4 is 23.0 Å². The molecule has 0 bridgehead atoms. The van der Waals surface area contributed by atoms with Gasteiger partial charge in [-0.15, -0.1) is 0 Å². The molecule has 1 unspecified atom stereocenters. The SMILES string of the molecule is CC1(c2cccc(-c3noc(Cc4c[nH]c5ncccc45)n3)c2)NC(=O)NC1=O. The van der Waals surface area contributed by atoms with Crippen molar-refractivity contribution in [2.24, 2.45) is 0 Å². The van der Waals surface area contributed by atoms with E-state index in [1.807, 2.05) is 24.4 Å². The van der Waals surface area contributed by atoms with Crippen LogP contribution in [0.15, 0.2) is 53.3 Å². The van der Waals surface area contributed by atoms with Gasteiger partial charge in [-0.25, -0.2) is 9.78 Å². The number of hydrogen-bond acceptors (Lipinski definition) is 6. The van der Waals surface area contributed by atoms with Crippen LogP contribution >= 0.6 is 0 Å². The Morgan fingerprint density at radius 1 is 1.17 bits per heavy atom. The summed E-state index contributed by atoms with van der Waals surface area (Å²) in [5, 5.41) is 9.99. The topological polar surface area (TPSA) is 126 Å². The van der Waals surface area contributed by atoms with E-state index in [0.717, 1.165) is 16.6 Å². The standard InChI is InChI=1S/C20H16N6O3/c1-20(18(27)24-19(28)25-20)13-5-2-4-11(8-13)16-23-15(29-26-16)9-12-10-22-17-14(12)6-3-7-21-17/h2-8,10H,9H2,1H3,(H,21,22)(H2,24,25,27,28). The molecule has 0 radical (unpaired) electrons. The van der Waals surface area contributed by atoms with Crippen molar-refractivity contribution in [3.63, 3.8) is 0 Å². The Morgan fingerprint density at radius 2 is 2.07 bits per heavy atom. The number of aromatic nitrogens is 4. The van der Waals surface area contributed by atoms with E-state index >= 15 is 0 Å². The number of H-pyrrole nitrogens is 1. The van der Waals surface area contributed by atoms with Crippen LogP contribution < -0.4 is 10.6 Å². The first-order chi connectivity index (χ1) is 14.0. The quantitative estimate of drug-likeness (QED) is 0.461. The summed E-state index contributed by atoms with van der Waals surface area (Å²) in [4.78, 5) is 35.6. The Balaban J connectivity index is 1.44. The van der Waals surface area contributed by atoms with Crippen molar-refractivity contribution in [3.8, 4) is 11.4 Å². The van der Waals surface area contributed by atoms with E-state index in [2.05, 4.69) is 30.7 Å². The monoisotopic (exact) mass is 388 g/mol. The number of hydrogen-bond donors (Lipinski definition) is 3. The largest absolute Gasteiger partial charge is 0.346 e. The molecule has 1 fully saturated rings. The van der Waals surface area contributed by atoms with Gasteiger partial charge in [0.25, 0.3) is 5.91 Å². The molecule has 1 saturated heterocycles. The Labute approximate surface area is 164 Å². The Bertz CT molecular complexity index is 1260. The molecule has 29 heavy (non-hydrogen) atoms. The highest BCUT2D eigenvalue weighted by atomic mass is 16.5. The normalized spacial score (nSPS) is 18.8. The van der Waals surface area contributed by atoms with Crippen LogP contribution in [-0.4, -0.2) is 32.0 Å². The third kappa shape index (κ3) is 2.83. The fraction of sp³-hybridized carbons (Fsp3) is 0.150. The van der Waals surface area contributed by atoms with Crippen LogP contribution in [0.2, 0.25) is 0 Å². The number of imide groups is 1. The van der Waals surface area contributed by atoms with Gasteiger partial charge in [0.15, 0.2) is 0 Å². The van der Waals surface area contributed by atoms with Crippen molar-refractivity contribution < 1.29 is 14.1 Å². The van der Waals surface area contributed by atoms with E-state index in [4.69, 9.17) is 4.52 Å². The minimum atomic E-state index is -1.14. The fourth-order valence-electron chi connectivity index (χ4n) is 3.48. The average Bonchev–Trinajstić information content (AvgIpc) is 3.42. The van der Waals surface area contributed by atoms with Gasteiger partial charge in [0.1, 0.15) is 11.2 Å². The van der Waals surface area contributed by atoms with Crippen LogP contribution in [0.1, 0.15) is 23.9 Å². The molecule has 4 aromatic rings. The maximum absolute atomic E-state index is 12.2. The maximum atomic E-state index is 12.2. The molecule has 9 heteroatoms. The van der Waals surface area contributed by atoms with Crippen LogP contribution in [0, 0.1) is 0 Å². The first-order valence-electron chi connectivity index (χ1n) is 9.01. The third-order valence-electron chi connectivity index (χ3n) is 5.09. The lowest BCUT2D eigenvalue weighted by Gasteiger charge is -2.21. The maximum Gasteiger partial charge on any atom is 0.322 e. The van der Waals surface area contributed by atoms with Gasteiger partial charge in [0.05, 0.1) is 6.42 Å². The molecule has 0 spiro atoms. The second-order valence-electron chi connectivity index (χ2n) is 7.02. The lowest BCUT2D eigenvalue weighted by Crippen LogP contribution is -2.40. The molecule has 0 aliphatic carbocycles. The van der Waals surface area contributed by atoms with Crippen LogP contribution in [-0.2, 0) is 16.8 Å². The molecule has 1 aromatic carbocycles. The van der Waals surface area contributed by atoms with Gasteiger partial charge in [0.2, 0.25) is 11.7 Å². The number of benzene rings is 1. The summed E-state index contributed by atoms with van der Waals surface area (Å²) >= 11 is 0. The number of rotatable bonds is 4. The van der Waals surface area contributed by atoms with E-state index in [1.165, 1.54) is 0 Å². The predicted octanol–water partition coefficient (Wildman–Crippen LogP) is 2.26. The second-order valence-corrected chi connectivity index (χ2v) is 7.02. The zero-order valence-corrected chi connectivity index (χ0v) is 15.4. The second kappa shape index (κ2) is 6.26. The van der Waals surface area contributed by atoms with Crippen molar-refractivity contribution in [1.29, 1.82) is 0 Å². The summed E-state index contributed by atoms with van der Waals surface area (Å²) in [6.07, 6.45) is 4.08. The highest BCUT2D eigenvalue weighted by Gasteiger charge is 2.43.